The van der Waals surface area contributed by atoms with Crippen LogP contribution >= 0.6 is 23.6 Å². The molecule has 184 valence electrons. The Morgan fingerprint density at radius 2 is 1.89 bits per heavy atom. The van der Waals surface area contributed by atoms with E-state index in [0.717, 1.165) is 42.7 Å². The summed E-state index contributed by atoms with van der Waals surface area (Å²) in [7, 11) is 0. The Hall–Kier alpha value is -2.59. The Kier molecular flexibility index (Phi) is 7.88. The van der Waals surface area contributed by atoms with E-state index in [1.54, 1.807) is 24.5 Å². The van der Waals surface area contributed by atoms with Crippen molar-refractivity contribution in [1.82, 2.24) is 19.8 Å². The van der Waals surface area contributed by atoms with Gasteiger partial charge in [-0.05, 0) is 55.5 Å². The molecule has 0 radical (unpaired) electrons. The van der Waals surface area contributed by atoms with Crippen LogP contribution < -0.4 is 15.2 Å². The molecule has 2 aromatic heterocycles. The van der Waals surface area contributed by atoms with Crippen molar-refractivity contribution in [2.75, 3.05) is 31.1 Å². The van der Waals surface area contributed by atoms with Gasteiger partial charge in [0.25, 0.3) is 0 Å². The summed E-state index contributed by atoms with van der Waals surface area (Å²) in [5, 5.41) is 6.98. The Morgan fingerprint density at radius 3 is 2.63 bits per heavy atom. The molecule has 10 heteroatoms. The molecule has 5 rings (SSSR count). The highest BCUT2D eigenvalue weighted by atomic mass is 35.5. The van der Waals surface area contributed by atoms with Gasteiger partial charge in [0.2, 0.25) is 5.75 Å². The Balaban J connectivity index is 1.29. The number of nitrogens with zero attached hydrogens (tertiary/aromatic N) is 5. The van der Waals surface area contributed by atoms with Crippen molar-refractivity contribution in [3.8, 4) is 11.4 Å². The first kappa shape index (κ1) is 24.1. The smallest absolute Gasteiger partial charge is 0.316 e. The van der Waals surface area contributed by atoms with Crippen molar-refractivity contribution in [2.24, 2.45) is 0 Å². The van der Waals surface area contributed by atoms with Gasteiger partial charge in [0.1, 0.15) is 5.69 Å². The molecule has 2 fully saturated rings. The lowest BCUT2D eigenvalue weighted by Crippen LogP contribution is -2.46. The van der Waals surface area contributed by atoms with Crippen molar-refractivity contribution in [1.29, 1.82) is 0 Å². The number of aromatic nitrogens is 3. The maximum Gasteiger partial charge on any atom is 0.316 e. The van der Waals surface area contributed by atoms with E-state index in [4.69, 9.17) is 20.6 Å². The predicted molar refractivity (Wildman–Crippen MR) is 138 cm³/mol. The zero-order valence-corrected chi connectivity index (χ0v) is 21.0. The quantitative estimate of drug-likeness (QED) is 0.407. The molecule has 3 aromatic rings. The summed E-state index contributed by atoms with van der Waals surface area (Å²) in [6.45, 7) is 2.83. The van der Waals surface area contributed by atoms with E-state index in [-0.39, 0.29) is 11.7 Å². The van der Waals surface area contributed by atoms with E-state index in [2.05, 4.69) is 15.0 Å². The first-order valence-electron chi connectivity index (χ1n) is 11.9. The highest BCUT2D eigenvalue weighted by molar-refractivity contribution is 7.93. The molecule has 0 unspecified atom stereocenters. The summed E-state index contributed by atoms with van der Waals surface area (Å²) < 4.78 is 13.6. The van der Waals surface area contributed by atoms with Gasteiger partial charge in [-0.25, -0.2) is 4.28 Å². The van der Waals surface area contributed by atoms with Crippen LogP contribution in [-0.2, 0) is 10.0 Å². The lowest BCUT2D eigenvalue weighted by molar-refractivity contribution is -0.0415. The topological polar surface area (TPSA) is 72.7 Å². The molecule has 0 atom stereocenters. The zero-order valence-electron chi connectivity index (χ0n) is 19.4. The summed E-state index contributed by atoms with van der Waals surface area (Å²) in [5.41, 5.74) is 2.22. The molecule has 8 nitrogen and oxygen atoms in total. The third kappa shape index (κ3) is 5.98. The van der Waals surface area contributed by atoms with Crippen LogP contribution in [0.2, 0.25) is 5.02 Å². The van der Waals surface area contributed by atoms with Crippen LogP contribution in [0.15, 0.2) is 59.8 Å². The highest BCUT2D eigenvalue weighted by Gasteiger charge is 2.27. The van der Waals surface area contributed by atoms with Crippen molar-refractivity contribution in [2.45, 2.75) is 37.5 Å². The zero-order chi connectivity index (χ0) is 24.0. The predicted octanol–water partition coefficient (Wildman–Crippen LogP) is 4.50. The molecule has 0 spiro atoms. The fraction of sp³-hybridized carbons (Fsp3) is 0.400. The molecular formula is C25H28ClN5O3S. The fourth-order valence-corrected chi connectivity index (χ4v) is 5.23. The number of anilines is 1. The van der Waals surface area contributed by atoms with E-state index in [1.807, 2.05) is 35.5 Å². The molecule has 1 aliphatic heterocycles. The number of hydrogen-bond donors (Lipinski definition) is 0. The number of pyridine rings is 1. The van der Waals surface area contributed by atoms with Crippen LogP contribution in [-0.4, -0.2) is 52.1 Å². The van der Waals surface area contributed by atoms with Crippen molar-refractivity contribution < 1.29 is 9.02 Å². The van der Waals surface area contributed by atoms with Crippen molar-refractivity contribution >= 4 is 29.3 Å². The molecular weight excluding hydrogens is 486 g/mol. The van der Waals surface area contributed by atoms with Crippen LogP contribution in [0.5, 0.6) is 5.75 Å². The summed E-state index contributed by atoms with van der Waals surface area (Å²) in [6.07, 6.45) is 9.59. The molecule has 0 N–H and O–H groups in total. The van der Waals surface area contributed by atoms with E-state index in [0.29, 0.717) is 42.6 Å². The molecule has 1 saturated heterocycles. The van der Waals surface area contributed by atoms with Crippen LogP contribution in [0, 0.1) is 0 Å². The van der Waals surface area contributed by atoms with Gasteiger partial charge < -0.3 is 9.64 Å². The minimum Gasteiger partial charge on any atom is -0.483 e. The summed E-state index contributed by atoms with van der Waals surface area (Å²) in [4.78, 5) is 19.8. The number of rotatable bonds is 8. The minimum atomic E-state index is -0.262. The average Bonchev–Trinajstić information content (AvgIpc) is 3.40. The number of benzene rings is 1. The lowest BCUT2D eigenvalue weighted by Gasteiger charge is -2.35. The van der Waals surface area contributed by atoms with E-state index >= 15 is 0 Å². The molecule has 1 aliphatic carbocycles. The largest absolute Gasteiger partial charge is 0.483 e. The first-order valence-corrected chi connectivity index (χ1v) is 13.2. The molecule has 3 heterocycles. The highest BCUT2D eigenvalue weighted by Crippen LogP contribution is 2.30. The SMILES string of the molecule is O=c1c(OC2CCCC2)c(N2CCN(OSCc3cccnc3)CC2)cnn1-c1cccc(Cl)c1. The summed E-state index contributed by atoms with van der Waals surface area (Å²) in [5.74, 6) is 1.10. The van der Waals surface area contributed by atoms with Crippen molar-refractivity contribution in [3.63, 3.8) is 0 Å². The molecule has 35 heavy (non-hydrogen) atoms. The lowest BCUT2D eigenvalue weighted by atomic mass is 10.2. The monoisotopic (exact) mass is 513 g/mol. The second-order valence-electron chi connectivity index (χ2n) is 8.69. The third-order valence-electron chi connectivity index (χ3n) is 6.24. The summed E-state index contributed by atoms with van der Waals surface area (Å²) >= 11 is 7.56. The van der Waals surface area contributed by atoms with Crippen LogP contribution in [0.3, 0.4) is 0 Å². The van der Waals surface area contributed by atoms with Crippen molar-refractivity contribution in [3.05, 3.63) is 75.9 Å². The van der Waals surface area contributed by atoms with Gasteiger partial charge in [0.15, 0.2) is 0 Å². The molecule has 0 amide bonds. The second kappa shape index (κ2) is 11.4. The number of hydroxylamine groups is 2. The van der Waals surface area contributed by atoms with Gasteiger partial charge >= 0.3 is 5.56 Å². The Bertz CT molecular complexity index is 1180. The van der Waals surface area contributed by atoms with Gasteiger partial charge in [-0.2, -0.15) is 14.8 Å². The van der Waals surface area contributed by atoms with E-state index in [9.17, 15) is 4.79 Å². The summed E-state index contributed by atoms with van der Waals surface area (Å²) in [6, 6.07) is 11.1. The third-order valence-corrected chi connectivity index (χ3v) is 7.24. The maximum absolute atomic E-state index is 13.5. The fourth-order valence-electron chi connectivity index (χ4n) is 4.39. The second-order valence-corrected chi connectivity index (χ2v) is 9.80. The van der Waals surface area contributed by atoms with Gasteiger partial charge in [0, 0.05) is 61.4 Å². The Labute approximate surface area is 214 Å². The molecule has 2 aliphatic rings. The number of ether oxygens (including phenoxy) is 1. The van der Waals surface area contributed by atoms with Crippen LogP contribution in [0.1, 0.15) is 31.2 Å². The van der Waals surface area contributed by atoms with Gasteiger partial charge in [0.05, 0.1) is 18.0 Å². The number of halogens is 1. The van der Waals surface area contributed by atoms with Gasteiger partial charge in [-0.1, -0.05) is 23.7 Å². The van der Waals surface area contributed by atoms with Crippen LogP contribution in [0.25, 0.3) is 5.69 Å². The van der Waals surface area contributed by atoms with E-state index in [1.165, 1.54) is 16.7 Å². The average molecular weight is 514 g/mol. The Morgan fingerprint density at radius 1 is 1.06 bits per heavy atom. The first-order chi connectivity index (χ1) is 17.2. The van der Waals surface area contributed by atoms with Gasteiger partial charge in [-0.15, -0.1) is 0 Å². The number of hydrogen-bond acceptors (Lipinski definition) is 8. The molecule has 1 aromatic carbocycles. The van der Waals surface area contributed by atoms with E-state index < -0.39 is 0 Å². The maximum atomic E-state index is 13.5. The molecule has 0 bridgehead atoms. The standard InChI is InChI=1S/C25H28ClN5O3S/c26-20-6-3-7-21(15-20)31-25(32)24(33-22-8-1-2-9-22)23(17-28-31)29-11-13-30(14-12-29)34-35-18-19-5-4-10-27-16-19/h3-7,10,15-17,22H,1-2,8-9,11-14,18H2. The number of piperazine rings is 1. The van der Waals surface area contributed by atoms with Crippen LogP contribution in [0.4, 0.5) is 5.69 Å². The molecule has 1 saturated carbocycles. The normalized spacial score (nSPS) is 17.1. The van der Waals surface area contributed by atoms with Gasteiger partial charge in [-0.3, -0.25) is 9.78 Å². The minimum absolute atomic E-state index is 0.0603.